The van der Waals surface area contributed by atoms with Gasteiger partial charge in [-0.2, -0.15) is 0 Å². The topological polar surface area (TPSA) is 86.9 Å². The summed E-state index contributed by atoms with van der Waals surface area (Å²) < 4.78 is 26.4. The molecule has 17 heavy (non-hydrogen) atoms. The minimum absolute atomic E-state index is 0.146. The zero-order valence-corrected chi connectivity index (χ0v) is 10.7. The van der Waals surface area contributed by atoms with Crippen molar-refractivity contribution in [3.8, 4) is 0 Å². The van der Waals surface area contributed by atoms with Crippen LogP contribution in [0.25, 0.3) is 0 Å². The fraction of sp³-hybridized carbons (Fsp3) is 0.700. The lowest BCUT2D eigenvalue weighted by molar-refractivity contribution is 0.549. The maximum atomic E-state index is 11.9. The molecule has 1 unspecified atom stereocenters. The molecule has 0 spiro atoms. The van der Waals surface area contributed by atoms with Gasteiger partial charge in [-0.15, -0.1) is 0 Å². The number of hydrogen-bond donors (Lipinski definition) is 3. The highest BCUT2D eigenvalue weighted by molar-refractivity contribution is 7.89. The fourth-order valence-electron chi connectivity index (χ4n) is 1.88. The van der Waals surface area contributed by atoms with E-state index in [1.807, 2.05) is 6.92 Å². The molecule has 0 aliphatic carbocycles. The third-order valence-corrected chi connectivity index (χ3v) is 4.24. The smallest absolute Gasteiger partial charge is 0.257 e. The first-order chi connectivity index (χ1) is 8.12. The van der Waals surface area contributed by atoms with Gasteiger partial charge in [-0.3, -0.25) is 0 Å². The predicted octanol–water partition coefficient (Wildman–Crippen LogP) is 0.00240. The van der Waals surface area contributed by atoms with E-state index in [9.17, 15) is 8.42 Å². The Labute approximate surface area is 101 Å². The number of nitrogens with one attached hydrogen (secondary N) is 3. The molecule has 0 amide bonds. The van der Waals surface area contributed by atoms with Crippen molar-refractivity contribution < 1.29 is 8.42 Å². The van der Waals surface area contributed by atoms with E-state index < -0.39 is 10.0 Å². The van der Waals surface area contributed by atoms with E-state index in [1.165, 1.54) is 6.20 Å². The zero-order valence-electron chi connectivity index (χ0n) is 9.86. The van der Waals surface area contributed by atoms with E-state index in [0.29, 0.717) is 18.8 Å². The summed E-state index contributed by atoms with van der Waals surface area (Å²) in [5.74, 6) is 0.685. The van der Waals surface area contributed by atoms with Crippen molar-refractivity contribution in [2.45, 2.75) is 37.3 Å². The highest BCUT2D eigenvalue weighted by Crippen LogP contribution is 2.08. The van der Waals surface area contributed by atoms with E-state index in [-0.39, 0.29) is 11.1 Å². The number of hydrogen-bond acceptors (Lipinski definition) is 4. The van der Waals surface area contributed by atoms with Gasteiger partial charge >= 0.3 is 0 Å². The number of aromatic nitrogens is 2. The number of rotatable bonds is 5. The van der Waals surface area contributed by atoms with Gasteiger partial charge in [0.25, 0.3) is 10.0 Å². The van der Waals surface area contributed by atoms with E-state index in [1.54, 1.807) is 0 Å². The van der Waals surface area contributed by atoms with Crippen LogP contribution in [-0.2, 0) is 16.4 Å². The Kier molecular flexibility index (Phi) is 3.80. The molecule has 2 heterocycles. The molecule has 1 atom stereocenters. The normalized spacial score (nSPS) is 20.9. The Hall–Kier alpha value is -0.920. The second-order valence-electron chi connectivity index (χ2n) is 4.19. The molecule has 1 saturated heterocycles. The maximum Gasteiger partial charge on any atom is 0.257 e. The van der Waals surface area contributed by atoms with Crippen molar-refractivity contribution in [1.82, 2.24) is 20.0 Å². The number of nitrogens with zero attached hydrogens (tertiary/aromatic N) is 1. The second kappa shape index (κ2) is 5.16. The molecule has 0 bridgehead atoms. The molecule has 0 saturated carbocycles. The Morgan fingerprint density at radius 3 is 3.00 bits per heavy atom. The fourth-order valence-corrected chi connectivity index (χ4v) is 2.90. The summed E-state index contributed by atoms with van der Waals surface area (Å²) in [4.78, 5) is 6.79. The third-order valence-electron chi connectivity index (χ3n) is 2.91. The number of aromatic amines is 1. The predicted molar refractivity (Wildman–Crippen MR) is 64.2 cm³/mol. The Morgan fingerprint density at radius 1 is 1.59 bits per heavy atom. The van der Waals surface area contributed by atoms with Gasteiger partial charge in [-0.25, -0.2) is 18.1 Å². The van der Waals surface area contributed by atoms with Crippen molar-refractivity contribution in [3.05, 3.63) is 12.0 Å². The summed E-state index contributed by atoms with van der Waals surface area (Å²) in [6, 6.07) is 0.248. The van der Waals surface area contributed by atoms with Crippen LogP contribution in [0, 0.1) is 0 Å². The molecule has 6 nitrogen and oxygen atoms in total. The van der Waals surface area contributed by atoms with Crippen LogP contribution < -0.4 is 10.0 Å². The van der Waals surface area contributed by atoms with Gasteiger partial charge in [0.05, 0.1) is 6.20 Å². The molecule has 96 valence electrons. The van der Waals surface area contributed by atoms with E-state index in [0.717, 1.165) is 19.4 Å². The number of imidazole rings is 1. The molecule has 1 fully saturated rings. The van der Waals surface area contributed by atoms with Crippen molar-refractivity contribution in [3.63, 3.8) is 0 Å². The number of sulfonamides is 1. The SMILES string of the molecule is CCc1ncc(S(=O)(=O)NCC2CCCN2)[nH]1. The molecule has 1 aliphatic heterocycles. The molecule has 3 N–H and O–H groups in total. The van der Waals surface area contributed by atoms with Gasteiger partial charge in [0.1, 0.15) is 5.82 Å². The summed E-state index contributed by atoms with van der Waals surface area (Å²) in [7, 11) is -3.45. The lowest BCUT2D eigenvalue weighted by Crippen LogP contribution is -2.37. The van der Waals surface area contributed by atoms with Crippen molar-refractivity contribution in [1.29, 1.82) is 0 Å². The zero-order chi connectivity index (χ0) is 12.3. The highest BCUT2D eigenvalue weighted by Gasteiger charge is 2.20. The van der Waals surface area contributed by atoms with E-state index >= 15 is 0 Å². The van der Waals surface area contributed by atoms with Crippen molar-refractivity contribution in [2.24, 2.45) is 0 Å². The molecule has 2 rings (SSSR count). The molecule has 1 aromatic rings. The van der Waals surface area contributed by atoms with Crippen LogP contribution in [0.4, 0.5) is 0 Å². The highest BCUT2D eigenvalue weighted by atomic mass is 32.2. The Balaban J connectivity index is 1.97. The largest absolute Gasteiger partial charge is 0.332 e. The average Bonchev–Trinajstić information content (AvgIpc) is 2.98. The summed E-state index contributed by atoms with van der Waals surface area (Å²) >= 11 is 0. The van der Waals surface area contributed by atoms with Gasteiger partial charge in [-0.05, 0) is 19.4 Å². The van der Waals surface area contributed by atoms with Gasteiger partial charge in [0.2, 0.25) is 0 Å². The van der Waals surface area contributed by atoms with Crippen LogP contribution in [0.2, 0.25) is 0 Å². The monoisotopic (exact) mass is 258 g/mol. The van der Waals surface area contributed by atoms with Gasteiger partial charge in [0, 0.05) is 19.0 Å². The lowest BCUT2D eigenvalue weighted by atomic mass is 10.2. The number of aryl methyl sites for hydroxylation is 1. The minimum atomic E-state index is -3.45. The maximum absolute atomic E-state index is 11.9. The summed E-state index contributed by atoms with van der Waals surface area (Å²) in [6.07, 6.45) is 4.19. The summed E-state index contributed by atoms with van der Waals surface area (Å²) in [5.41, 5.74) is 0. The third kappa shape index (κ3) is 3.05. The molecule has 1 aromatic heterocycles. The summed E-state index contributed by atoms with van der Waals surface area (Å²) in [5, 5.41) is 3.39. The van der Waals surface area contributed by atoms with Gasteiger partial charge in [0.15, 0.2) is 5.03 Å². The quantitative estimate of drug-likeness (QED) is 0.694. The van der Waals surface area contributed by atoms with E-state index in [4.69, 9.17) is 0 Å². The molecule has 7 heteroatoms. The van der Waals surface area contributed by atoms with E-state index in [2.05, 4.69) is 20.0 Å². The molecular weight excluding hydrogens is 240 g/mol. The summed E-state index contributed by atoms with van der Waals surface area (Å²) in [6.45, 7) is 3.32. The molecule has 0 aromatic carbocycles. The van der Waals surface area contributed by atoms with Gasteiger partial charge < -0.3 is 10.3 Å². The minimum Gasteiger partial charge on any atom is -0.332 e. The van der Waals surface area contributed by atoms with Crippen LogP contribution >= 0.6 is 0 Å². The Bertz CT molecular complexity index is 462. The van der Waals surface area contributed by atoms with Crippen LogP contribution in [0.1, 0.15) is 25.6 Å². The van der Waals surface area contributed by atoms with Crippen LogP contribution in [-0.4, -0.2) is 37.5 Å². The molecule has 1 aliphatic rings. The second-order valence-corrected chi connectivity index (χ2v) is 5.93. The first kappa shape index (κ1) is 12.5. The molecule has 0 radical (unpaired) electrons. The van der Waals surface area contributed by atoms with Crippen molar-refractivity contribution in [2.75, 3.05) is 13.1 Å². The first-order valence-electron chi connectivity index (χ1n) is 5.89. The standard InChI is InChI=1S/C10H18N4O2S/c1-2-9-12-7-10(14-9)17(15,16)13-6-8-4-3-5-11-8/h7-8,11,13H,2-6H2,1H3,(H,12,14). The number of H-pyrrole nitrogens is 1. The van der Waals surface area contributed by atoms with Crippen LogP contribution in [0.5, 0.6) is 0 Å². The van der Waals surface area contributed by atoms with Crippen LogP contribution in [0.3, 0.4) is 0 Å². The Morgan fingerprint density at radius 2 is 2.41 bits per heavy atom. The van der Waals surface area contributed by atoms with Gasteiger partial charge in [-0.1, -0.05) is 6.92 Å². The van der Waals surface area contributed by atoms with Crippen molar-refractivity contribution >= 4 is 10.0 Å². The average molecular weight is 258 g/mol. The van der Waals surface area contributed by atoms with Crippen LogP contribution in [0.15, 0.2) is 11.2 Å². The first-order valence-corrected chi connectivity index (χ1v) is 7.37. The lowest BCUT2D eigenvalue weighted by Gasteiger charge is -2.10. The molecular formula is C10H18N4O2S.